The summed E-state index contributed by atoms with van der Waals surface area (Å²) in [6.07, 6.45) is 1.20. The largest absolute Gasteiger partial charge is 0.478 e. The van der Waals surface area contributed by atoms with E-state index in [2.05, 4.69) is 19.2 Å². The standard InChI is InChI=1S/C16H22FNO3/c1-4-21-14-8-13(16(14,2)3)18-9-10-5-6-11(15(19)20)12(17)7-10/h5-7,13-14,18H,4,8-9H2,1-3H3,(H,19,20). The van der Waals surface area contributed by atoms with Crippen molar-refractivity contribution in [1.29, 1.82) is 0 Å². The van der Waals surface area contributed by atoms with Gasteiger partial charge in [-0.15, -0.1) is 0 Å². The lowest BCUT2D eigenvalue weighted by molar-refractivity contribution is -0.114. The minimum absolute atomic E-state index is 0.0512. The molecule has 0 aliphatic heterocycles. The van der Waals surface area contributed by atoms with Crippen molar-refractivity contribution in [3.8, 4) is 0 Å². The van der Waals surface area contributed by atoms with Crippen LogP contribution in [0.3, 0.4) is 0 Å². The van der Waals surface area contributed by atoms with Crippen molar-refractivity contribution in [2.45, 2.75) is 45.9 Å². The molecule has 1 aliphatic rings. The molecule has 0 amide bonds. The van der Waals surface area contributed by atoms with E-state index in [9.17, 15) is 9.18 Å². The minimum Gasteiger partial charge on any atom is -0.478 e. The maximum atomic E-state index is 13.6. The van der Waals surface area contributed by atoms with E-state index in [-0.39, 0.29) is 17.1 Å². The molecule has 0 bridgehead atoms. The van der Waals surface area contributed by atoms with E-state index in [1.54, 1.807) is 6.07 Å². The molecule has 0 saturated heterocycles. The average molecular weight is 295 g/mol. The summed E-state index contributed by atoms with van der Waals surface area (Å²) in [6.45, 7) is 7.53. The number of benzene rings is 1. The maximum absolute atomic E-state index is 13.6. The number of carboxylic acids is 1. The Balaban J connectivity index is 1.93. The Morgan fingerprint density at radius 2 is 2.24 bits per heavy atom. The van der Waals surface area contributed by atoms with E-state index in [1.165, 1.54) is 12.1 Å². The number of halogens is 1. The molecule has 5 heteroatoms. The predicted molar refractivity (Wildman–Crippen MR) is 77.8 cm³/mol. The Labute approximate surface area is 124 Å². The maximum Gasteiger partial charge on any atom is 0.338 e. The van der Waals surface area contributed by atoms with Crippen LogP contribution in [0.5, 0.6) is 0 Å². The molecule has 1 aliphatic carbocycles. The van der Waals surface area contributed by atoms with Crippen LogP contribution in [-0.4, -0.2) is 29.8 Å². The van der Waals surface area contributed by atoms with Crippen LogP contribution in [0.2, 0.25) is 0 Å². The molecule has 2 rings (SSSR count). The van der Waals surface area contributed by atoms with Gasteiger partial charge in [-0.3, -0.25) is 0 Å². The van der Waals surface area contributed by atoms with Crippen LogP contribution >= 0.6 is 0 Å². The van der Waals surface area contributed by atoms with Crippen LogP contribution in [0.4, 0.5) is 4.39 Å². The molecule has 2 N–H and O–H groups in total. The van der Waals surface area contributed by atoms with Gasteiger partial charge < -0.3 is 15.2 Å². The van der Waals surface area contributed by atoms with E-state index in [0.717, 1.165) is 12.0 Å². The van der Waals surface area contributed by atoms with E-state index in [0.29, 0.717) is 19.2 Å². The van der Waals surface area contributed by atoms with Crippen molar-refractivity contribution in [1.82, 2.24) is 5.32 Å². The molecule has 0 aromatic heterocycles. The third kappa shape index (κ3) is 3.24. The molecule has 4 nitrogen and oxygen atoms in total. The molecule has 1 fully saturated rings. The third-order valence-corrected chi connectivity index (χ3v) is 4.36. The molecular formula is C16H22FNO3. The van der Waals surface area contributed by atoms with E-state index in [1.807, 2.05) is 6.92 Å². The van der Waals surface area contributed by atoms with Crippen LogP contribution in [-0.2, 0) is 11.3 Å². The molecule has 1 aromatic carbocycles. The lowest BCUT2D eigenvalue weighted by Gasteiger charge is -2.52. The minimum atomic E-state index is -1.24. The summed E-state index contributed by atoms with van der Waals surface area (Å²) in [6, 6.07) is 4.55. The number of hydrogen-bond donors (Lipinski definition) is 2. The summed E-state index contributed by atoms with van der Waals surface area (Å²) in [5, 5.41) is 12.2. The van der Waals surface area contributed by atoms with Crippen LogP contribution in [0.15, 0.2) is 18.2 Å². The van der Waals surface area contributed by atoms with Crippen molar-refractivity contribution in [2.75, 3.05) is 6.61 Å². The monoisotopic (exact) mass is 295 g/mol. The Kier molecular flexibility index (Phi) is 4.64. The first kappa shape index (κ1) is 15.9. The molecule has 0 radical (unpaired) electrons. The van der Waals surface area contributed by atoms with Gasteiger partial charge in [-0.25, -0.2) is 9.18 Å². The van der Waals surface area contributed by atoms with Gasteiger partial charge >= 0.3 is 5.97 Å². The number of aromatic carboxylic acids is 1. The van der Waals surface area contributed by atoms with Crippen molar-refractivity contribution in [3.63, 3.8) is 0 Å². The summed E-state index contributed by atoms with van der Waals surface area (Å²) in [4.78, 5) is 10.8. The number of ether oxygens (including phenoxy) is 1. The van der Waals surface area contributed by atoms with Crippen LogP contribution < -0.4 is 5.32 Å². The number of hydrogen-bond acceptors (Lipinski definition) is 3. The smallest absolute Gasteiger partial charge is 0.338 e. The summed E-state index contributed by atoms with van der Waals surface area (Å²) < 4.78 is 19.3. The fraction of sp³-hybridized carbons (Fsp3) is 0.562. The Bertz CT molecular complexity index is 530. The Hall–Kier alpha value is -1.46. The summed E-state index contributed by atoms with van der Waals surface area (Å²) in [5.41, 5.74) is 0.502. The quantitative estimate of drug-likeness (QED) is 0.847. The zero-order valence-electron chi connectivity index (χ0n) is 12.6. The van der Waals surface area contributed by atoms with Gasteiger partial charge in [-0.05, 0) is 31.0 Å². The Morgan fingerprint density at radius 1 is 1.52 bits per heavy atom. The van der Waals surface area contributed by atoms with Crippen LogP contribution in [0, 0.1) is 11.2 Å². The summed E-state index contributed by atoms with van der Waals surface area (Å²) in [5.74, 6) is -1.94. The van der Waals surface area contributed by atoms with Crippen LogP contribution in [0.1, 0.15) is 43.1 Å². The number of carbonyl (C=O) groups is 1. The normalized spacial score (nSPS) is 23.6. The zero-order chi connectivity index (χ0) is 15.6. The van der Waals surface area contributed by atoms with Gasteiger partial charge in [0, 0.05) is 24.6 Å². The van der Waals surface area contributed by atoms with Gasteiger partial charge in [0.1, 0.15) is 5.82 Å². The van der Waals surface area contributed by atoms with E-state index in [4.69, 9.17) is 9.84 Å². The topological polar surface area (TPSA) is 58.6 Å². The second kappa shape index (κ2) is 6.12. The number of rotatable bonds is 6. The van der Waals surface area contributed by atoms with Gasteiger partial charge in [-0.2, -0.15) is 0 Å². The first-order chi connectivity index (χ1) is 9.86. The molecule has 1 saturated carbocycles. The highest BCUT2D eigenvalue weighted by Gasteiger charge is 2.48. The van der Waals surface area contributed by atoms with Gasteiger partial charge in [0.25, 0.3) is 0 Å². The molecule has 2 unspecified atom stereocenters. The SMILES string of the molecule is CCOC1CC(NCc2ccc(C(=O)O)c(F)c2)C1(C)C. The second-order valence-corrected chi connectivity index (χ2v) is 6.05. The fourth-order valence-electron chi connectivity index (χ4n) is 2.80. The van der Waals surface area contributed by atoms with E-state index < -0.39 is 11.8 Å². The summed E-state index contributed by atoms with van der Waals surface area (Å²) in [7, 11) is 0. The Morgan fingerprint density at radius 3 is 2.76 bits per heavy atom. The van der Waals surface area contributed by atoms with Gasteiger partial charge in [0.15, 0.2) is 0 Å². The van der Waals surface area contributed by atoms with Crippen LogP contribution in [0.25, 0.3) is 0 Å². The highest BCUT2D eigenvalue weighted by Crippen LogP contribution is 2.42. The second-order valence-electron chi connectivity index (χ2n) is 6.05. The first-order valence-corrected chi connectivity index (χ1v) is 7.23. The molecule has 116 valence electrons. The fourth-order valence-corrected chi connectivity index (χ4v) is 2.80. The lowest BCUT2D eigenvalue weighted by atomic mass is 9.64. The highest BCUT2D eigenvalue weighted by molar-refractivity contribution is 5.87. The average Bonchev–Trinajstić information content (AvgIpc) is 2.41. The predicted octanol–water partition coefficient (Wildman–Crippen LogP) is 2.82. The highest BCUT2D eigenvalue weighted by atomic mass is 19.1. The lowest BCUT2D eigenvalue weighted by Crippen LogP contribution is -2.60. The zero-order valence-corrected chi connectivity index (χ0v) is 12.6. The molecule has 21 heavy (non-hydrogen) atoms. The van der Waals surface area contributed by atoms with Crippen molar-refractivity contribution < 1.29 is 19.0 Å². The molecule has 0 spiro atoms. The molecule has 1 aromatic rings. The molecular weight excluding hydrogens is 273 g/mol. The van der Waals surface area contributed by atoms with Gasteiger partial charge in [-0.1, -0.05) is 19.9 Å². The van der Waals surface area contributed by atoms with Gasteiger partial charge in [0.05, 0.1) is 11.7 Å². The van der Waals surface area contributed by atoms with Crippen molar-refractivity contribution in [3.05, 3.63) is 35.1 Å². The van der Waals surface area contributed by atoms with Crippen molar-refractivity contribution in [2.24, 2.45) is 5.41 Å². The number of nitrogens with one attached hydrogen (secondary N) is 1. The van der Waals surface area contributed by atoms with Crippen molar-refractivity contribution >= 4 is 5.97 Å². The third-order valence-electron chi connectivity index (χ3n) is 4.36. The molecule has 0 heterocycles. The molecule has 2 atom stereocenters. The van der Waals surface area contributed by atoms with E-state index >= 15 is 0 Å². The first-order valence-electron chi connectivity index (χ1n) is 7.23. The van der Waals surface area contributed by atoms with Gasteiger partial charge in [0.2, 0.25) is 0 Å². The number of carboxylic acid groups (broad SMARTS) is 1. The summed E-state index contributed by atoms with van der Waals surface area (Å²) >= 11 is 0.